The summed E-state index contributed by atoms with van der Waals surface area (Å²) in [5, 5.41) is 15.3. The van der Waals surface area contributed by atoms with Crippen LogP contribution in [0.2, 0.25) is 0 Å². The van der Waals surface area contributed by atoms with E-state index < -0.39 is 0 Å². The van der Waals surface area contributed by atoms with Gasteiger partial charge in [-0.1, -0.05) is 6.42 Å². The molecule has 2 N–H and O–H groups in total. The van der Waals surface area contributed by atoms with Crippen molar-refractivity contribution < 1.29 is 4.79 Å². The average molecular weight is 361 g/mol. The largest absolute Gasteiger partial charge is 0.354 e. The summed E-state index contributed by atoms with van der Waals surface area (Å²) in [6.45, 7) is 2.43. The van der Waals surface area contributed by atoms with E-state index in [4.69, 9.17) is 4.99 Å². The first-order valence-electron chi connectivity index (χ1n) is 9.57. The number of aromatic nitrogens is 3. The van der Waals surface area contributed by atoms with Crippen LogP contribution in [0.3, 0.4) is 0 Å². The molecule has 0 aromatic carbocycles. The molecule has 8 heteroatoms. The van der Waals surface area contributed by atoms with Gasteiger partial charge in [-0.2, -0.15) is 0 Å². The fraction of sp³-hybridized carbons (Fsp3) is 0.778. The van der Waals surface area contributed by atoms with Gasteiger partial charge in [0.25, 0.3) is 0 Å². The molecule has 0 bridgehead atoms. The van der Waals surface area contributed by atoms with Crippen molar-refractivity contribution in [3.8, 4) is 0 Å². The molecule has 26 heavy (non-hydrogen) atoms. The number of hydrogen-bond donors (Lipinski definition) is 2. The second-order valence-electron chi connectivity index (χ2n) is 7.74. The average Bonchev–Trinajstić information content (AvgIpc) is 3.38. The highest BCUT2D eigenvalue weighted by atomic mass is 16.2. The zero-order valence-corrected chi connectivity index (χ0v) is 16.3. The van der Waals surface area contributed by atoms with E-state index in [0.717, 1.165) is 43.3 Å². The van der Waals surface area contributed by atoms with Gasteiger partial charge in [-0.3, -0.25) is 4.79 Å². The van der Waals surface area contributed by atoms with Crippen molar-refractivity contribution in [1.82, 2.24) is 30.3 Å². The number of hydrogen-bond acceptors (Lipinski definition) is 4. The number of amides is 1. The van der Waals surface area contributed by atoms with E-state index in [-0.39, 0.29) is 17.9 Å². The molecule has 1 aromatic heterocycles. The quantitative estimate of drug-likeness (QED) is 0.603. The molecule has 2 fully saturated rings. The molecule has 0 saturated heterocycles. The van der Waals surface area contributed by atoms with Crippen LogP contribution < -0.4 is 10.6 Å². The fourth-order valence-corrected chi connectivity index (χ4v) is 3.40. The lowest BCUT2D eigenvalue weighted by atomic mass is 9.85. The van der Waals surface area contributed by atoms with Crippen LogP contribution in [-0.4, -0.2) is 57.7 Å². The monoisotopic (exact) mass is 361 g/mol. The van der Waals surface area contributed by atoms with E-state index in [0.29, 0.717) is 12.6 Å². The minimum Gasteiger partial charge on any atom is -0.354 e. The Hall–Kier alpha value is -2.12. The summed E-state index contributed by atoms with van der Waals surface area (Å²) in [5.41, 5.74) is 0. The van der Waals surface area contributed by atoms with Crippen molar-refractivity contribution in [3.05, 3.63) is 11.6 Å². The molecule has 1 aromatic rings. The summed E-state index contributed by atoms with van der Waals surface area (Å²) in [6.07, 6.45) is 6.38. The van der Waals surface area contributed by atoms with Gasteiger partial charge in [0.15, 0.2) is 11.8 Å². The number of carbonyl (C=O) groups is 1. The van der Waals surface area contributed by atoms with Crippen LogP contribution in [0.25, 0.3) is 0 Å². The molecular formula is C18H31N7O. The molecule has 8 nitrogen and oxygen atoms in total. The Balaban J connectivity index is 1.63. The number of aliphatic imine (C=N–C) groups is 1. The third kappa shape index (κ3) is 4.74. The van der Waals surface area contributed by atoms with Gasteiger partial charge in [-0.05, 0) is 39.0 Å². The Bertz CT molecular complexity index is 662. The van der Waals surface area contributed by atoms with Gasteiger partial charge in [0.05, 0.1) is 0 Å². The summed E-state index contributed by atoms with van der Waals surface area (Å²) in [6, 6.07) is 0.800. The Kier molecular flexibility index (Phi) is 5.78. The van der Waals surface area contributed by atoms with Gasteiger partial charge >= 0.3 is 0 Å². The molecule has 2 unspecified atom stereocenters. The molecule has 0 aliphatic heterocycles. The molecule has 0 radical (unpaired) electrons. The maximum atomic E-state index is 12.3. The predicted molar refractivity (Wildman–Crippen MR) is 101 cm³/mol. The topological polar surface area (TPSA) is 87.4 Å². The van der Waals surface area contributed by atoms with Crippen LogP contribution in [0, 0.1) is 12.8 Å². The van der Waals surface area contributed by atoms with Crippen molar-refractivity contribution >= 4 is 11.9 Å². The van der Waals surface area contributed by atoms with Crippen molar-refractivity contribution in [1.29, 1.82) is 0 Å². The molecule has 144 valence electrons. The van der Waals surface area contributed by atoms with Gasteiger partial charge in [0, 0.05) is 39.1 Å². The van der Waals surface area contributed by atoms with Crippen molar-refractivity contribution in [2.24, 2.45) is 18.0 Å². The van der Waals surface area contributed by atoms with Gasteiger partial charge in [-0.25, -0.2) is 4.99 Å². The lowest BCUT2D eigenvalue weighted by Gasteiger charge is -2.31. The first kappa shape index (κ1) is 18.7. The Morgan fingerprint density at radius 3 is 2.54 bits per heavy atom. The minimum absolute atomic E-state index is 0.111. The molecule has 2 saturated carbocycles. The number of aryl methyl sites for hydroxylation is 1. The number of rotatable bonds is 5. The second-order valence-corrected chi connectivity index (χ2v) is 7.74. The zero-order chi connectivity index (χ0) is 18.7. The van der Waals surface area contributed by atoms with E-state index in [2.05, 4.69) is 20.8 Å². The predicted octanol–water partition coefficient (Wildman–Crippen LogP) is 0.968. The molecule has 3 rings (SSSR count). The molecule has 0 spiro atoms. The molecule has 1 amide bonds. The van der Waals surface area contributed by atoms with E-state index >= 15 is 0 Å². The highest BCUT2D eigenvalue weighted by molar-refractivity contribution is 5.81. The SMILES string of the molecule is Cc1nnc(CN=C(NC2CC2)NC2CCCC(C(=O)N(C)C)C2)n1C. The number of carbonyl (C=O) groups excluding carboxylic acids is 1. The fourth-order valence-electron chi connectivity index (χ4n) is 3.40. The van der Waals surface area contributed by atoms with Gasteiger partial charge in [0.2, 0.25) is 5.91 Å². The highest BCUT2D eigenvalue weighted by Gasteiger charge is 2.30. The van der Waals surface area contributed by atoms with E-state index in [1.165, 1.54) is 12.8 Å². The minimum atomic E-state index is 0.111. The summed E-state index contributed by atoms with van der Waals surface area (Å²) < 4.78 is 1.96. The van der Waals surface area contributed by atoms with Gasteiger partial charge in [-0.15, -0.1) is 10.2 Å². The van der Waals surface area contributed by atoms with Gasteiger partial charge < -0.3 is 20.1 Å². The van der Waals surface area contributed by atoms with E-state index in [9.17, 15) is 4.79 Å². The molecular weight excluding hydrogens is 330 g/mol. The second kappa shape index (κ2) is 8.05. The van der Waals surface area contributed by atoms with Crippen molar-refractivity contribution in [2.45, 2.75) is 64.1 Å². The number of nitrogens with one attached hydrogen (secondary N) is 2. The highest BCUT2D eigenvalue weighted by Crippen LogP contribution is 2.26. The molecule has 2 aliphatic rings. The Morgan fingerprint density at radius 2 is 1.92 bits per heavy atom. The maximum Gasteiger partial charge on any atom is 0.225 e. The summed E-state index contributed by atoms with van der Waals surface area (Å²) >= 11 is 0. The third-order valence-electron chi connectivity index (χ3n) is 5.28. The smallest absolute Gasteiger partial charge is 0.225 e. The number of guanidine groups is 1. The first-order valence-corrected chi connectivity index (χ1v) is 9.57. The summed E-state index contributed by atoms with van der Waals surface area (Å²) in [7, 11) is 5.63. The molecule has 1 heterocycles. The van der Waals surface area contributed by atoms with Crippen molar-refractivity contribution in [3.63, 3.8) is 0 Å². The Morgan fingerprint density at radius 1 is 1.19 bits per heavy atom. The standard InChI is InChI=1S/C18H31N7O/c1-12-22-23-16(25(12)4)11-19-18(20-14-8-9-14)21-15-7-5-6-13(10-15)17(26)24(2)3/h13-15H,5-11H2,1-4H3,(H2,19,20,21). The third-order valence-corrected chi connectivity index (χ3v) is 5.28. The normalized spacial score (nSPS) is 23.6. The lowest BCUT2D eigenvalue weighted by molar-refractivity contribution is -0.134. The van der Waals surface area contributed by atoms with E-state index in [1.54, 1.807) is 4.90 Å². The maximum absolute atomic E-state index is 12.3. The van der Waals surface area contributed by atoms with Crippen molar-refractivity contribution in [2.75, 3.05) is 14.1 Å². The van der Waals surface area contributed by atoms with Gasteiger partial charge in [0.1, 0.15) is 12.4 Å². The number of nitrogens with zero attached hydrogens (tertiary/aromatic N) is 5. The molecule has 2 aliphatic carbocycles. The zero-order valence-electron chi connectivity index (χ0n) is 16.3. The first-order chi connectivity index (χ1) is 12.4. The van der Waals surface area contributed by atoms with Crippen LogP contribution in [0.15, 0.2) is 4.99 Å². The Labute approximate surface area is 155 Å². The summed E-state index contributed by atoms with van der Waals surface area (Å²) in [4.78, 5) is 18.7. The van der Waals surface area contributed by atoms with Crippen LogP contribution in [0.1, 0.15) is 50.2 Å². The molecule has 2 atom stereocenters. The van der Waals surface area contributed by atoms with Crippen LogP contribution in [-0.2, 0) is 18.4 Å². The lowest BCUT2D eigenvalue weighted by Crippen LogP contribution is -2.47. The van der Waals surface area contributed by atoms with Crippen LogP contribution in [0.5, 0.6) is 0 Å². The van der Waals surface area contributed by atoms with Crippen LogP contribution in [0.4, 0.5) is 0 Å². The van der Waals surface area contributed by atoms with E-state index in [1.807, 2.05) is 32.6 Å². The van der Waals surface area contributed by atoms with Crippen LogP contribution >= 0.6 is 0 Å². The summed E-state index contributed by atoms with van der Waals surface area (Å²) in [5.74, 6) is 2.91.